The van der Waals surface area contributed by atoms with Crippen LogP contribution in [0.3, 0.4) is 0 Å². The normalized spacial score (nSPS) is 34.4. The highest BCUT2D eigenvalue weighted by molar-refractivity contribution is 5.66. The van der Waals surface area contributed by atoms with Crippen LogP contribution in [0.4, 0.5) is 0 Å². The van der Waals surface area contributed by atoms with Crippen LogP contribution in [0.25, 0.3) is 0 Å². The Kier molecular flexibility index (Phi) is 15.3. The molecule has 0 N–H and O–H groups in total. The number of hydrogen-bond donors (Lipinski definition) is 0. The second-order valence-electron chi connectivity index (χ2n) is 20.9. The highest BCUT2D eigenvalue weighted by Gasteiger charge is 2.59. The van der Waals surface area contributed by atoms with Crippen molar-refractivity contribution in [3.05, 3.63) is 119 Å². The molecule has 5 aliphatic rings. The number of carbonyl (C=O) groups is 1. The minimum Gasteiger partial charge on any atom is -0.454 e. The molecule has 3 aromatic carbocycles. The molecular weight excluding hydrogens is 785 g/mol. The SMILES string of the molecule is CC(=O)O[C@H]1[C@H](O[C@H]2CC[C@@]3(C)C(=CC[C@H]4[C@@H]5CC[C@H]([C@H](C)CCCC(C)C)[C@@]5(C)CC[C@@H]43)C2)O[C@H](COCc2ccccc2)[C@@H](OCc2ccccc2)[C@@H]1OCc1ccccc1. The van der Waals surface area contributed by atoms with Crippen LogP contribution >= 0.6 is 0 Å². The van der Waals surface area contributed by atoms with E-state index < -0.39 is 36.7 Å². The third kappa shape index (κ3) is 10.7. The molecule has 63 heavy (non-hydrogen) atoms. The summed E-state index contributed by atoms with van der Waals surface area (Å²) < 4.78 is 40.2. The van der Waals surface area contributed by atoms with Crippen molar-refractivity contribution >= 4 is 5.97 Å². The average molecular weight is 861 g/mol. The lowest BCUT2D eigenvalue weighted by Crippen LogP contribution is -2.62. The van der Waals surface area contributed by atoms with Gasteiger partial charge in [0.2, 0.25) is 0 Å². The Morgan fingerprint density at radius 2 is 1.37 bits per heavy atom. The molecule has 1 heterocycles. The van der Waals surface area contributed by atoms with E-state index in [9.17, 15) is 4.79 Å². The quantitative estimate of drug-likeness (QED) is 0.0932. The van der Waals surface area contributed by atoms with Crippen molar-refractivity contribution in [2.75, 3.05) is 6.61 Å². The number of ether oxygens (including phenoxy) is 6. The molecule has 7 nitrogen and oxygen atoms in total. The molecule has 4 aliphatic carbocycles. The molecule has 0 amide bonds. The van der Waals surface area contributed by atoms with E-state index in [2.05, 4.69) is 52.8 Å². The summed E-state index contributed by atoms with van der Waals surface area (Å²) in [4.78, 5) is 13.0. The summed E-state index contributed by atoms with van der Waals surface area (Å²) in [6, 6.07) is 30.4. The molecule has 342 valence electrons. The van der Waals surface area contributed by atoms with Crippen molar-refractivity contribution in [2.45, 2.75) is 169 Å². The van der Waals surface area contributed by atoms with Gasteiger partial charge in [-0.25, -0.2) is 0 Å². The number of allylic oxidation sites excluding steroid dienone is 1. The van der Waals surface area contributed by atoms with Gasteiger partial charge >= 0.3 is 5.97 Å². The average Bonchev–Trinajstić information content (AvgIpc) is 3.64. The van der Waals surface area contributed by atoms with Crippen LogP contribution in [0.15, 0.2) is 103 Å². The monoisotopic (exact) mass is 861 g/mol. The molecule has 3 saturated carbocycles. The molecule has 7 heteroatoms. The molecule has 8 rings (SSSR count). The standard InChI is InChI=1S/C56H76O7/c1-38(2)17-16-18-39(3)47-27-28-48-46-26-25-44-33-45(29-31-55(44,5)49(46)30-32-56(47,48)6)62-54-53(61-40(4)57)52(60-36-43-23-14-9-15-24-43)51(59-35-42-21-12-8-13-22-42)50(63-54)37-58-34-41-19-10-7-11-20-41/h7-15,19-25,38-39,45-54H,16-18,26-37H2,1-6H3/t39-,45+,46+,47-,48+,49+,50-,51-,52+,53-,54-,55+,56-/m1/s1. The maximum Gasteiger partial charge on any atom is 0.303 e. The van der Waals surface area contributed by atoms with Crippen molar-refractivity contribution in [1.82, 2.24) is 0 Å². The molecule has 3 aromatic rings. The van der Waals surface area contributed by atoms with Crippen LogP contribution in [0.5, 0.6) is 0 Å². The first-order valence-corrected chi connectivity index (χ1v) is 24.6. The molecular formula is C56H76O7. The lowest BCUT2D eigenvalue weighted by molar-refractivity contribution is -0.330. The molecule has 0 bridgehead atoms. The Morgan fingerprint density at radius 1 is 0.730 bits per heavy atom. The first-order chi connectivity index (χ1) is 30.5. The fourth-order valence-corrected chi connectivity index (χ4v) is 13.2. The minimum atomic E-state index is -0.865. The largest absolute Gasteiger partial charge is 0.454 e. The fraction of sp³-hybridized carbons (Fsp3) is 0.625. The van der Waals surface area contributed by atoms with Gasteiger partial charge in [-0.2, -0.15) is 0 Å². The minimum absolute atomic E-state index is 0.0808. The van der Waals surface area contributed by atoms with E-state index in [1.165, 1.54) is 58.3 Å². The smallest absolute Gasteiger partial charge is 0.303 e. The third-order valence-corrected chi connectivity index (χ3v) is 16.4. The lowest BCUT2D eigenvalue weighted by Gasteiger charge is -2.58. The van der Waals surface area contributed by atoms with Crippen LogP contribution < -0.4 is 0 Å². The van der Waals surface area contributed by atoms with Crippen LogP contribution in [0, 0.1) is 46.3 Å². The maximum atomic E-state index is 13.0. The fourth-order valence-electron chi connectivity index (χ4n) is 13.2. The van der Waals surface area contributed by atoms with Gasteiger partial charge in [-0.05, 0) is 114 Å². The Bertz CT molecular complexity index is 1920. The molecule has 1 saturated heterocycles. The first-order valence-electron chi connectivity index (χ1n) is 24.6. The summed E-state index contributed by atoms with van der Waals surface area (Å²) in [5.41, 5.74) is 5.33. The van der Waals surface area contributed by atoms with Gasteiger partial charge in [-0.3, -0.25) is 4.79 Å². The summed E-state index contributed by atoms with van der Waals surface area (Å²) in [5.74, 6) is 4.37. The third-order valence-electron chi connectivity index (χ3n) is 16.4. The van der Waals surface area contributed by atoms with E-state index in [0.717, 1.165) is 71.5 Å². The number of rotatable bonds is 18. The van der Waals surface area contributed by atoms with E-state index in [1.807, 2.05) is 78.9 Å². The zero-order chi connectivity index (χ0) is 44.0. The first kappa shape index (κ1) is 46.2. The van der Waals surface area contributed by atoms with Gasteiger partial charge in [-0.1, -0.05) is 157 Å². The molecule has 4 fully saturated rings. The van der Waals surface area contributed by atoms with Crippen molar-refractivity contribution < 1.29 is 33.2 Å². The molecule has 1 aliphatic heterocycles. The van der Waals surface area contributed by atoms with E-state index >= 15 is 0 Å². The number of benzene rings is 3. The van der Waals surface area contributed by atoms with Crippen LogP contribution in [-0.4, -0.2) is 49.4 Å². The number of fused-ring (bicyclic) bond motifs is 5. The number of carbonyl (C=O) groups excluding carboxylic acids is 1. The van der Waals surface area contributed by atoms with Gasteiger partial charge in [0, 0.05) is 6.92 Å². The van der Waals surface area contributed by atoms with Crippen molar-refractivity contribution in [3.63, 3.8) is 0 Å². The number of esters is 1. The van der Waals surface area contributed by atoms with Crippen molar-refractivity contribution in [2.24, 2.45) is 46.3 Å². The summed E-state index contributed by atoms with van der Waals surface area (Å²) in [6.07, 6.45) is 12.7. The van der Waals surface area contributed by atoms with E-state index in [1.54, 1.807) is 5.57 Å². The number of hydrogen-bond acceptors (Lipinski definition) is 7. The van der Waals surface area contributed by atoms with E-state index in [0.29, 0.717) is 25.2 Å². The van der Waals surface area contributed by atoms with E-state index in [4.69, 9.17) is 28.4 Å². The predicted octanol–water partition coefficient (Wildman–Crippen LogP) is 12.5. The summed E-state index contributed by atoms with van der Waals surface area (Å²) in [5, 5.41) is 0. The highest BCUT2D eigenvalue weighted by Crippen LogP contribution is 2.67. The van der Waals surface area contributed by atoms with Crippen molar-refractivity contribution in [3.8, 4) is 0 Å². The van der Waals surface area contributed by atoms with Gasteiger partial charge in [-0.15, -0.1) is 0 Å². The van der Waals surface area contributed by atoms with Gasteiger partial charge in [0.15, 0.2) is 12.4 Å². The lowest BCUT2D eigenvalue weighted by atomic mass is 9.47. The maximum absolute atomic E-state index is 13.0. The molecule has 0 radical (unpaired) electrons. The van der Waals surface area contributed by atoms with Crippen LogP contribution in [-0.2, 0) is 53.0 Å². The predicted molar refractivity (Wildman–Crippen MR) is 248 cm³/mol. The van der Waals surface area contributed by atoms with Gasteiger partial charge in [0.05, 0.1) is 32.5 Å². The molecule has 13 atom stereocenters. The Morgan fingerprint density at radius 3 is 2.00 bits per heavy atom. The topological polar surface area (TPSA) is 72.5 Å². The Labute approximate surface area is 379 Å². The summed E-state index contributed by atoms with van der Waals surface area (Å²) >= 11 is 0. The zero-order valence-electron chi connectivity index (χ0n) is 39.1. The molecule has 0 unspecified atom stereocenters. The van der Waals surface area contributed by atoms with Crippen molar-refractivity contribution in [1.29, 1.82) is 0 Å². The molecule has 0 aromatic heterocycles. The van der Waals surface area contributed by atoms with Gasteiger partial charge < -0.3 is 28.4 Å². The van der Waals surface area contributed by atoms with E-state index in [-0.39, 0.29) is 18.1 Å². The second-order valence-corrected chi connectivity index (χ2v) is 20.9. The van der Waals surface area contributed by atoms with Gasteiger partial charge in [0.1, 0.15) is 18.3 Å². The van der Waals surface area contributed by atoms with Crippen LogP contribution in [0.2, 0.25) is 0 Å². The second kappa shape index (κ2) is 20.9. The van der Waals surface area contributed by atoms with Crippen LogP contribution in [0.1, 0.15) is 129 Å². The zero-order valence-corrected chi connectivity index (χ0v) is 39.1. The summed E-state index contributed by atoms with van der Waals surface area (Å²) in [7, 11) is 0. The Hall–Kier alpha value is -3.33. The van der Waals surface area contributed by atoms with Gasteiger partial charge in [0.25, 0.3) is 0 Å². The molecule has 0 spiro atoms. The Balaban J connectivity index is 1.01. The highest BCUT2D eigenvalue weighted by atomic mass is 16.7. The summed E-state index contributed by atoms with van der Waals surface area (Å²) in [6.45, 7) is 15.3.